The van der Waals surface area contributed by atoms with E-state index in [4.69, 9.17) is 9.47 Å². The number of ether oxygens (including phenoxy) is 2. The minimum absolute atomic E-state index is 0.390. The van der Waals surface area contributed by atoms with Crippen molar-refractivity contribution < 1.29 is 19.1 Å². The molecule has 20 heavy (non-hydrogen) atoms. The first-order valence-electron chi connectivity index (χ1n) is 7.51. The molecule has 2 unspecified atom stereocenters. The lowest BCUT2D eigenvalue weighted by molar-refractivity contribution is -0.140. The molecule has 0 saturated heterocycles. The summed E-state index contributed by atoms with van der Waals surface area (Å²) in [5, 5.41) is 0. The van der Waals surface area contributed by atoms with E-state index in [-0.39, 0.29) is 0 Å². The number of carbonyl (C=O) groups is 2. The van der Waals surface area contributed by atoms with Crippen molar-refractivity contribution >= 4 is 11.9 Å². The summed E-state index contributed by atoms with van der Waals surface area (Å²) in [7, 11) is 0. The van der Waals surface area contributed by atoms with Crippen molar-refractivity contribution in [2.24, 2.45) is 11.8 Å². The van der Waals surface area contributed by atoms with Gasteiger partial charge in [0.25, 0.3) is 0 Å². The van der Waals surface area contributed by atoms with Gasteiger partial charge in [0.15, 0.2) is 0 Å². The van der Waals surface area contributed by atoms with Crippen molar-refractivity contribution in [2.75, 3.05) is 13.2 Å². The van der Waals surface area contributed by atoms with Crippen molar-refractivity contribution in [1.82, 2.24) is 0 Å². The Morgan fingerprint density at radius 3 is 1.50 bits per heavy atom. The second-order valence-corrected chi connectivity index (χ2v) is 5.27. The van der Waals surface area contributed by atoms with E-state index in [0.29, 0.717) is 25.0 Å². The van der Waals surface area contributed by atoms with E-state index in [1.54, 1.807) is 0 Å². The Balaban J connectivity index is 3.75. The maximum Gasteiger partial charge on any atom is 0.331 e. The van der Waals surface area contributed by atoms with Crippen LogP contribution in [0.25, 0.3) is 0 Å². The van der Waals surface area contributed by atoms with Gasteiger partial charge in [0.05, 0.1) is 13.2 Å². The van der Waals surface area contributed by atoms with E-state index in [1.165, 1.54) is 0 Å². The monoisotopic (exact) mass is 284 g/mol. The first kappa shape index (κ1) is 18.7. The van der Waals surface area contributed by atoms with Gasteiger partial charge in [-0.05, 0) is 24.7 Å². The van der Waals surface area contributed by atoms with Crippen LogP contribution in [0.3, 0.4) is 0 Å². The highest BCUT2D eigenvalue weighted by molar-refractivity contribution is 5.91. The highest BCUT2D eigenvalue weighted by atomic mass is 16.5. The summed E-state index contributed by atoms with van der Waals surface area (Å²) in [6, 6.07) is 0. The van der Waals surface area contributed by atoms with Crippen LogP contribution in [0.1, 0.15) is 53.4 Å². The molecule has 4 heteroatoms. The van der Waals surface area contributed by atoms with E-state index in [2.05, 4.69) is 27.7 Å². The SMILES string of the molecule is CCC(C)CCOC(=O)/C=C/C(=O)OCCC(C)CC. The molecular formula is C16H28O4. The highest BCUT2D eigenvalue weighted by Crippen LogP contribution is 2.06. The first-order valence-corrected chi connectivity index (χ1v) is 7.51. The predicted molar refractivity (Wildman–Crippen MR) is 79.2 cm³/mol. The minimum Gasteiger partial charge on any atom is -0.463 e. The summed E-state index contributed by atoms with van der Waals surface area (Å²) < 4.78 is 9.98. The maximum absolute atomic E-state index is 11.3. The highest BCUT2D eigenvalue weighted by Gasteiger charge is 2.04. The molecule has 0 N–H and O–H groups in total. The molecule has 0 radical (unpaired) electrons. The smallest absolute Gasteiger partial charge is 0.331 e. The molecule has 0 heterocycles. The quantitative estimate of drug-likeness (QED) is 0.455. The van der Waals surface area contributed by atoms with Gasteiger partial charge in [-0.1, -0.05) is 40.5 Å². The molecule has 2 atom stereocenters. The minimum atomic E-state index is -0.493. The van der Waals surface area contributed by atoms with Crippen LogP contribution in [0.15, 0.2) is 12.2 Å². The molecule has 0 aromatic heterocycles. The lowest BCUT2D eigenvalue weighted by Crippen LogP contribution is -2.08. The lowest BCUT2D eigenvalue weighted by Gasteiger charge is -2.08. The fourth-order valence-corrected chi connectivity index (χ4v) is 1.36. The van der Waals surface area contributed by atoms with Crippen molar-refractivity contribution in [1.29, 1.82) is 0 Å². The number of hydrogen-bond acceptors (Lipinski definition) is 4. The number of hydrogen-bond donors (Lipinski definition) is 0. The zero-order chi connectivity index (χ0) is 15.4. The van der Waals surface area contributed by atoms with Crippen LogP contribution in [0.5, 0.6) is 0 Å². The van der Waals surface area contributed by atoms with Gasteiger partial charge in [-0.2, -0.15) is 0 Å². The molecular weight excluding hydrogens is 256 g/mol. The average molecular weight is 284 g/mol. The van der Waals surface area contributed by atoms with Gasteiger partial charge in [-0.3, -0.25) is 0 Å². The normalized spacial score (nSPS) is 14.0. The van der Waals surface area contributed by atoms with Gasteiger partial charge in [-0.25, -0.2) is 9.59 Å². The van der Waals surface area contributed by atoms with Crippen molar-refractivity contribution in [3.8, 4) is 0 Å². The van der Waals surface area contributed by atoms with Crippen LogP contribution in [0.4, 0.5) is 0 Å². The molecule has 0 aromatic carbocycles. The van der Waals surface area contributed by atoms with Crippen LogP contribution in [-0.2, 0) is 19.1 Å². The Morgan fingerprint density at radius 1 is 0.850 bits per heavy atom. The molecule has 0 saturated carbocycles. The molecule has 0 rings (SSSR count). The Hall–Kier alpha value is -1.32. The van der Waals surface area contributed by atoms with Gasteiger partial charge >= 0.3 is 11.9 Å². The third-order valence-electron chi connectivity index (χ3n) is 3.46. The zero-order valence-electron chi connectivity index (χ0n) is 13.2. The van der Waals surface area contributed by atoms with E-state index in [9.17, 15) is 9.59 Å². The third kappa shape index (κ3) is 10.6. The topological polar surface area (TPSA) is 52.6 Å². The largest absolute Gasteiger partial charge is 0.463 e. The number of carbonyl (C=O) groups excluding carboxylic acids is 2. The summed E-state index contributed by atoms with van der Waals surface area (Å²) in [5.41, 5.74) is 0. The number of rotatable bonds is 10. The van der Waals surface area contributed by atoms with Crippen molar-refractivity contribution in [3.05, 3.63) is 12.2 Å². The fraction of sp³-hybridized carbons (Fsp3) is 0.750. The average Bonchev–Trinajstić information content (AvgIpc) is 2.44. The predicted octanol–water partition coefficient (Wildman–Crippen LogP) is 3.50. The molecule has 0 aromatic rings. The molecule has 0 spiro atoms. The standard InChI is InChI=1S/C16H28O4/c1-5-13(3)9-11-19-15(17)7-8-16(18)20-12-10-14(4)6-2/h7-8,13-14H,5-6,9-12H2,1-4H3/b8-7+. The van der Waals surface area contributed by atoms with Crippen LogP contribution in [0, 0.1) is 11.8 Å². The molecule has 4 nitrogen and oxygen atoms in total. The molecule has 0 aliphatic carbocycles. The molecule has 0 bridgehead atoms. The van der Waals surface area contributed by atoms with Crippen LogP contribution in [0.2, 0.25) is 0 Å². The second-order valence-electron chi connectivity index (χ2n) is 5.27. The second kappa shape index (κ2) is 11.5. The Bertz CT molecular complexity index is 280. The van der Waals surface area contributed by atoms with Crippen molar-refractivity contribution in [3.63, 3.8) is 0 Å². The third-order valence-corrected chi connectivity index (χ3v) is 3.46. The molecule has 0 amide bonds. The number of esters is 2. The van der Waals surface area contributed by atoms with Gasteiger partial charge in [0.2, 0.25) is 0 Å². The van der Waals surface area contributed by atoms with Gasteiger partial charge in [0.1, 0.15) is 0 Å². The Labute approximate surface area is 122 Å². The molecule has 116 valence electrons. The van der Waals surface area contributed by atoms with Crippen LogP contribution < -0.4 is 0 Å². The summed E-state index contributed by atoms with van der Waals surface area (Å²) in [6.45, 7) is 9.20. The zero-order valence-corrected chi connectivity index (χ0v) is 13.2. The van der Waals surface area contributed by atoms with E-state index in [0.717, 1.165) is 37.8 Å². The summed E-state index contributed by atoms with van der Waals surface area (Å²) in [5.74, 6) is 0.0916. The lowest BCUT2D eigenvalue weighted by atomic mass is 10.1. The van der Waals surface area contributed by atoms with E-state index in [1.807, 2.05) is 0 Å². The fourth-order valence-electron chi connectivity index (χ4n) is 1.36. The Morgan fingerprint density at radius 2 is 1.20 bits per heavy atom. The van der Waals surface area contributed by atoms with Gasteiger partial charge < -0.3 is 9.47 Å². The molecule has 0 fully saturated rings. The van der Waals surface area contributed by atoms with Crippen LogP contribution >= 0.6 is 0 Å². The summed E-state index contributed by atoms with van der Waals surface area (Å²) in [6.07, 6.45) is 6.07. The van der Waals surface area contributed by atoms with Gasteiger partial charge in [0, 0.05) is 12.2 Å². The van der Waals surface area contributed by atoms with Crippen LogP contribution in [-0.4, -0.2) is 25.2 Å². The first-order chi connectivity index (χ1) is 9.49. The Kier molecular flexibility index (Phi) is 10.7. The van der Waals surface area contributed by atoms with E-state index >= 15 is 0 Å². The summed E-state index contributed by atoms with van der Waals surface area (Å²) in [4.78, 5) is 22.7. The van der Waals surface area contributed by atoms with Crippen molar-refractivity contribution in [2.45, 2.75) is 53.4 Å². The molecule has 0 aliphatic rings. The molecule has 0 aliphatic heterocycles. The van der Waals surface area contributed by atoms with E-state index < -0.39 is 11.9 Å². The maximum atomic E-state index is 11.3. The van der Waals surface area contributed by atoms with Gasteiger partial charge in [-0.15, -0.1) is 0 Å². The summed E-state index contributed by atoms with van der Waals surface area (Å²) >= 11 is 0.